The Morgan fingerprint density at radius 1 is 1.09 bits per heavy atom. The molecule has 1 saturated heterocycles. The number of halogens is 4. The summed E-state index contributed by atoms with van der Waals surface area (Å²) in [4.78, 5) is 19.0. The third-order valence-electron chi connectivity index (χ3n) is 8.19. The number of ether oxygens (including phenoxy) is 2. The third-order valence-corrected chi connectivity index (χ3v) is 8.19. The summed E-state index contributed by atoms with van der Waals surface area (Å²) in [6, 6.07) is 11.1. The van der Waals surface area contributed by atoms with Gasteiger partial charge in [-0.15, -0.1) is 0 Å². The Balaban J connectivity index is 0.000000419. The number of allylic oxidation sites excluding steroid dienone is 2. The predicted octanol–water partition coefficient (Wildman–Crippen LogP) is 9.40. The fourth-order valence-electron chi connectivity index (χ4n) is 5.28. The van der Waals surface area contributed by atoms with E-state index in [9.17, 15) is 22.4 Å². The van der Waals surface area contributed by atoms with Crippen LogP contribution in [0.3, 0.4) is 0 Å². The lowest BCUT2D eigenvalue weighted by atomic mass is 9.85. The van der Waals surface area contributed by atoms with Crippen LogP contribution >= 0.6 is 0 Å². The van der Waals surface area contributed by atoms with Gasteiger partial charge in [0.1, 0.15) is 23.3 Å². The van der Waals surface area contributed by atoms with Crippen LogP contribution in [-0.2, 0) is 22.4 Å². The van der Waals surface area contributed by atoms with Crippen molar-refractivity contribution >= 4 is 22.9 Å². The smallest absolute Gasteiger partial charge is 0.399 e. The van der Waals surface area contributed by atoms with E-state index in [-0.39, 0.29) is 19.4 Å². The van der Waals surface area contributed by atoms with Gasteiger partial charge in [-0.3, -0.25) is 9.98 Å². The molecule has 9 heteroatoms. The number of hydrogen-bond acceptors (Lipinski definition) is 5. The van der Waals surface area contributed by atoms with E-state index in [0.717, 1.165) is 92.0 Å². The molecule has 0 atom stereocenters. The second-order valence-corrected chi connectivity index (χ2v) is 12.2. The number of carbonyl (C=O) groups is 1. The molecular formula is C36H46F4N2O3. The molecule has 0 bridgehead atoms. The third kappa shape index (κ3) is 9.70. The number of carbonyl (C=O) groups excluding carboxylic acids is 1. The Hall–Kier alpha value is -3.59. The largest absolute Gasteiger partial charge is 0.496 e. The normalized spacial score (nSPS) is 14.5. The van der Waals surface area contributed by atoms with Gasteiger partial charge >= 0.3 is 6.18 Å². The number of methoxy groups -OCH3 is 1. The van der Waals surface area contributed by atoms with Crippen molar-refractivity contribution in [1.82, 2.24) is 4.98 Å². The number of aromatic nitrogens is 1. The van der Waals surface area contributed by atoms with Gasteiger partial charge in [0.25, 0.3) is 0 Å². The van der Waals surface area contributed by atoms with E-state index >= 15 is 0 Å². The van der Waals surface area contributed by atoms with Crippen LogP contribution in [0.2, 0.25) is 0 Å². The van der Waals surface area contributed by atoms with Crippen LogP contribution in [0.5, 0.6) is 5.75 Å². The lowest BCUT2D eigenvalue weighted by Crippen LogP contribution is -2.39. The number of rotatable bonds is 10. The van der Waals surface area contributed by atoms with Gasteiger partial charge in [-0.05, 0) is 113 Å². The molecule has 45 heavy (non-hydrogen) atoms. The Kier molecular flexibility index (Phi) is 12.8. The van der Waals surface area contributed by atoms with E-state index in [1.165, 1.54) is 31.2 Å². The molecule has 1 aliphatic heterocycles. The lowest BCUT2D eigenvalue weighted by molar-refractivity contribution is -0.185. The molecule has 1 fully saturated rings. The molecule has 0 unspecified atom stereocenters. The van der Waals surface area contributed by atoms with Crippen molar-refractivity contribution in [2.24, 2.45) is 16.3 Å². The maximum atomic E-state index is 14.3. The molecule has 3 aromatic rings. The Labute approximate surface area is 265 Å². The van der Waals surface area contributed by atoms with E-state index in [1.54, 1.807) is 33.2 Å². The topological polar surface area (TPSA) is 60.8 Å². The highest BCUT2D eigenvalue weighted by Crippen LogP contribution is 2.39. The number of nitrogens with zero attached hydrogens (tertiary/aromatic N) is 2. The summed E-state index contributed by atoms with van der Waals surface area (Å²) in [6.07, 6.45) is 5.38. The fraction of sp³-hybridized carbons (Fsp3) is 0.472. The van der Waals surface area contributed by atoms with Gasteiger partial charge in [-0.1, -0.05) is 17.7 Å². The summed E-state index contributed by atoms with van der Waals surface area (Å²) < 4.78 is 63.2. The summed E-state index contributed by atoms with van der Waals surface area (Å²) in [7, 11) is 3.07. The van der Waals surface area contributed by atoms with Crippen molar-refractivity contribution in [1.29, 1.82) is 0 Å². The average Bonchev–Trinajstić information content (AvgIpc) is 3.00. The molecule has 0 radical (unpaired) electrons. The molecule has 0 amide bonds. The number of aliphatic imine (C=N–C) groups is 1. The summed E-state index contributed by atoms with van der Waals surface area (Å²) in [5.41, 5.74) is 3.03. The van der Waals surface area contributed by atoms with Crippen molar-refractivity contribution in [3.63, 3.8) is 0 Å². The first-order valence-electron chi connectivity index (χ1n) is 15.3. The van der Waals surface area contributed by atoms with Crippen LogP contribution in [-0.4, -0.2) is 50.5 Å². The van der Waals surface area contributed by atoms with Crippen LogP contribution in [0.15, 0.2) is 59.2 Å². The van der Waals surface area contributed by atoms with Crippen molar-refractivity contribution in [2.75, 3.05) is 27.4 Å². The fourth-order valence-corrected chi connectivity index (χ4v) is 5.28. The molecule has 0 aliphatic carbocycles. The van der Waals surface area contributed by atoms with Crippen LogP contribution in [0.25, 0.3) is 22.0 Å². The first kappa shape index (κ1) is 35.9. The molecule has 0 saturated carbocycles. The van der Waals surface area contributed by atoms with E-state index in [1.807, 2.05) is 18.2 Å². The van der Waals surface area contributed by atoms with Gasteiger partial charge in [-0.2, -0.15) is 13.2 Å². The molecule has 1 aromatic heterocycles. The van der Waals surface area contributed by atoms with Gasteiger partial charge in [0.05, 0.1) is 12.6 Å². The zero-order chi connectivity index (χ0) is 33.2. The Morgan fingerprint density at radius 2 is 1.80 bits per heavy atom. The summed E-state index contributed by atoms with van der Waals surface area (Å²) in [5, 5.41) is 0.958. The summed E-state index contributed by atoms with van der Waals surface area (Å²) >= 11 is 0. The van der Waals surface area contributed by atoms with Crippen molar-refractivity contribution in [3.8, 4) is 16.9 Å². The number of aldehydes is 1. The maximum absolute atomic E-state index is 14.3. The van der Waals surface area contributed by atoms with Gasteiger partial charge in [0.2, 0.25) is 0 Å². The summed E-state index contributed by atoms with van der Waals surface area (Å²) in [5.74, 6) is 1.26. The highest BCUT2D eigenvalue weighted by Gasteiger charge is 2.50. The minimum atomic E-state index is -4.27. The van der Waals surface area contributed by atoms with Crippen molar-refractivity contribution < 1.29 is 33.3 Å². The molecule has 0 spiro atoms. The second-order valence-electron chi connectivity index (χ2n) is 12.2. The average molecular weight is 631 g/mol. The first-order chi connectivity index (χ1) is 21.3. The molecule has 2 heterocycles. The van der Waals surface area contributed by atoms with Crippen LogP contribution in [0.4, 0.5) is 17.6 Å². The first-order valence-corrected chi connectivity index (χ1v) is 15.3. The molecule has 5 nitrogen and oxygen atoms in total. The van der Waals surface area contributed by atoms with Crippen LogP contribution in [0, 0.1) is 17.2 Å². The zero-order valence-corrected chi connectivity index (χ0v) is 27.1. The Morgan fingerprint density at radius 3 is 2.38 bits per heavy atom. The Bertz CT molecular complexity index is 1510. The predicted molar refractivity (Wildman–Crippen MR) is 175 cm³/mol. The number of hydrogen-bond donors (Lipinski definition) is 0. The minimum Gasteiger partial charge on any atom is -0.496 e. The van der Waals surface area contributed by atoms with E-state index in [2.05, 4.69) is 16.0 Å². The van der Waals surface area contributed by atoms with Gasteiger partial charge < -0.3 is 14.3 Å². The number of benzene rings is 2. The lowest BCUT2D eigenvalue weighted by Gasteiger charge is -2.28. The number of alkyl halides is 3. The van der Waals surface area contributed by atoms with Crippen LogP contribution < -0.4 is 4.74 Å². The minimum absolute atomic E-state index is 0. The second kappa shape index (κ2) is 16.1. The number of pyridine rings is 1. The van der Waals surface area contributed by atoms with Crippen LogP contribution in [0.1, 0.15) is 65.9 Å². The van der Waals surface area contributed by atoms with Gasteiger partial charge in [0.15, 0.2) is 0 Å². The van der Waals surface area contributed by atoms with Crippen molar-refractivity contribution in [2.45, 2.75) is 72.4 Å². The van der Waals surface area contributed by atoms with Gasteiger partial charge in [-0.25, -0.2) is 4.39 Å². The monoisotopic (exact) mass is 630 g/mol. The van der Waals surface area contributed by atoms with E-state index in [0.29, 0.717) is 11.8 Å². The zero-order valence-electron chi connectivity index (χ0n) is 27.1. The van der Waals surface area contributed by atoms with Gasteiger partial charge in [0, 0.05) is 51.0 Å². The molecule has 0 N–H and O–H groups in total. The molecule has 2 aromatic carbocycles. The molecular weight excluding hydrogens is 584 g/mol. The standard InChI is InChI=1S/C26H28FNO3.C10H16F3N.H2/c1-30-26-16-22-13-23(20-6-5-19(7-10-29)24(27)14-20)17-28-25(22)15-21(26)4-2-3-18-8-11-31-12-9-18;1-7(2)6-8(14-5)9(3,4)10(11,12)13;/h5-6,10,13-18H,2-4,7-9,11-12H2,1H3;6H,1-5H3;1H. The highest BCUT2D eigenvalue weighted by atomic mass is 19.4. The molecule has 246 valence electrons. The highest BCUT2D eigenvalue weighted by molar-refractivity contribution is 6.00. The summed E-state index contributed by atoms with van der Waals surface area (Å²) in [6.45, 7) is 7.54. The number of aryl methyl sites for hydroxylation is 1. The molecule has 1 aliphatic rings. The quantitative estimate of drug-likeness (QED) is 0.127. The van der Waals surface area contributed by atoms with E-state index in [4.69, 9.17) is 9.47 Å². The van der Waals surface area contributed by atoms with E-state index < -0.39 is 11.6 Å². The SMILES string of the molecule is CN=C(C=C(C)C)C(C)(C)C(F)(F)F.COc1cc2cc(-c3ccc(CC=O)c(F)c3)cnc2cc1CCCC1CCOCC1.[HH]. The molecule has 4 rings (SSSR count). The number of fused-ring (bicyclic) bond motifs is 1. The van der Waals surface area contributed by atoms with Crippen molar-refractivity contribution in [3.05, 3.63) is 71.2 Å². The maximum Gasteiger partial charge on any atom is 0.399 e.